The van der Waals surface area contributed by atoms with Gasteiger partial charge in [-0.1, -0.05) is 140 Å². The molecule has 0 radical (unpaired) electrons. The summed E-state index contributed by atoms with van der Waals surface area (Å²) >= 11 is 1.84. The number of thiophene rings is 1. The summed E-state index contributed by atoms with van der Waals surface area (Å²) in [5, 5.41) is 4.73. The van der Waals surface area contributed by atoms with Crippen molar-refractivity contribution in [3.8, 4) is 56.4 Å². The van der Waals surface area contributed by atoms with Gasteiger partial charge in [0.15, 0.2) is 17.5 Å². The smallest absolute Gasteiger partial charge is 0.164 e. The molecule has 0 aliphatic rings. The molecule has 5 heteroatoms. The van der Waals surface area contributed by atoms with Crippen LogP contribution in [0, 0.1) is 0 Å². The number of furan rings is 1. The van der Waals surface area contributed by atoms with Crippen molar-refractivity contribution in [1.29, 1.82) is 0 Å². The van der Waals surface area contributed by atoms with Crippen LogP contribution in [0.5, 0.6) is 0 Å². The Morgan fingerprint density at radius 1 is 0.360 bits per heavy atom. The topological polar surface area (TPSA) is 51.8 Å². The molecule has 0 bridgehead atoms. The molecule has 0 amide bonds. The first-order valence-electron chi connectivity index (χ1n) is 16.6. The molecule has 0 N–H and O–H groups in total. The highest BCUT2D eigenvalue weighted by molar-refractivity contribution is 7.25. The lowest BCUT2D eigenvalue weighted by Crippen LogP contribution is -2.00. The van der Waals surface area contributed by atoms with Gasteiger partial charge in [0.05, 0.1) is 0 Å². The highest BCUT2D eigenvalue weighted by Crippen LogP contribution is 2.42. The molecule has 7 aromatic carbocycles. The van der Waals surface area contributed by atoms with Crippen LogP contribution in [0.3, 0.4) is 0 Å². The van der Waals surface area contributed by atoms with Crippen molar-refractivity contribution in [1.82, 2.24) is 15.0 Å². The standard InChI is InChI=1S/C45H27N3OS/c1-3-12-28(13-4-1)43-46-44(29-14-5-2-6-15-29)48-45(47-43)31-23-24-34-38-20-11-19-37(42(38)49-39(34)26-31)33-17-8-7-16-32(33)30-22-25-36-35-18-9-10-21-40(35)50-41(36)27-30/h1-27H. The fraction of sp³-hybridized carbons (Fsp3) is 0. The molecule has 50 heavy (non-hydrogen) atoms. The molecule has 10 aromatic rings. The van der Waals surface area contributed by atoms with E-state index in [-0.39, 0.29) is 0 Å². The van der Waals surface area contributed by atoms with E-state index in [9.17, 15) is 0 Å². The number of benzene rings is 7. The third-order valence-electron chi connectivity index (χ3n) is 9.36. The van der Waals surface area contributed by atoms with Gasteiger partial charge >= 0.3 is 0 Å². The van der Waals surface area contributed by atoms with Crippen molar-refractivity contribution in [3.05, 3.63) is 164 Å². The number of para-hydroxylation sites is 1. The van der Waals surface area contributed by atoms with Crippen LogP contribution in [0.1, 0.15) is 0 Å². The maximum atomic E-state index is 6.76. The summed E-state index contributed by atoms with van der Waals surface area (Å²) in [7, 11) is 0. The Bertz CT molecular complexity index is 2820. The first-order chi connectivity index (χ1) is 24.8. The summed E-state index contributed by atoms with van der Waals surface area (Å²) < 4.78 is 9.36. The Labute approximate surface area is 292 Å². The van der Waals surface area contributed by atoms with E-state index >= 15 is 0 Å². The molecule has 3 aromatic heterocycles. The molecule has 0 atom stereocenters. The van der Waals surface area contributed by atoms with Gasteiger partial charge in [-0.2, -0.15) is 0 Å². The number of nitrogens with zero attached hydrogens (tertiary/aromatic N) is 3. The molecule has 0 spiro atoms. The number of aromatic nitrogens is 3. The largest absolute Gasteiger partial charge is 0.455 e. The molecule has 0 aliphatic carbocycles. The van der Waals surface area contributed by atoms with Crippen molar-refractivity contribution in [2.45, 2.75) is 0 Å². The van der Waals surface area contributed by atoms with E-state index in [1.165, 1.54) is 31.3 Å². The van der Waals surface area contributed by atoms with Gasteiger partial charge in [0.1, 0.15) is 11.2 Å². The van der Waals surface area contributed by atoms with Crippen molar-refractivity contribution < 1.29 is 4.42 Å². The monoisotopic (exact) mass is 657 g/mol. The van der Waals surface area contributed by atoms with Gasteiger partial charge in [-0.05, 0) is 41.0 Å². The second-order valence-electron chi connectivity index (χ2n) is 12.4. The Balaban J connectivity index is 1.11. The molecule has 0 fully saturated rings. The van der Waals surface area contributed by atoms with Crippen LogP contribution in [0.4, 0.5) is 0 Å². The summed E-state index contributed by atoms with van der Waals surface area (Å²) in [4.78, 5) is 14.7. The summed E-state index contributed by atoms with van der Waals surface area (Å²) in [5.41, 5.74) is 8.95. The molecule has 0 aliphatic heterocycles. The van der Waals surface area contributed by atoms with Crippen LogP contribution >= 0.6 is 11.3 Å². The Hall–Kier alpha value is -6.43. The lowest BCUT2D eigenvalue weighted by Gasteiger charge is -2.11. The van der Waals surface area contributed by atoms with Gasteiger partial charge in [-0.3, -0.25) is 0 Å². The van der Waals surface area contributed by atoms with Crippen LogP contribution in [-0.2, 0) is 0 Å². The van der Waals surface area contributed by atoms with Gasteiger partial charge < -0.3 is 4.42 Å². The summed E-state index contributed by atoms with van der Waals surface area (Å²) in [5.74, 6) is 1.86. The van der Waals surface area contributed by atoms with Crippen molar-refractivity contribution >= 4 is 53.4 Å². The molecule has 0 saturated heterocycles. The van der Waals surface area contributed by atoms with E-state index in [2.05, 4.69) is 103 Å². The predicted molar refractivity (Wildman–Crippen MR) is 207 cm³/mol. The highest BCUT2D eigenvalue weighted by atomic mass is 32.1. The predicted octanol–water partition coefficient (Wildman–Crippen LogP) is 12.5. The van der Waals surface area contributed by atoms with E-state index in [4.69, 9.17) is 19.4 Å². The molecule has 234 valence electrons. The summed E-state index contributed by atoms with van der Waals surface area (Å²) in [6, 6.07) is 56.8. The van der Waals surface area contributed by atoms with E-state index in [0.29, 0.717) is 17.5 Å². The van der Waals surface area contributed by atoms with Crippen molar-refractivity contribution in [3.63, 3.8) is 0 Å². The maximum absolute atomic E-state index is 6.76. The SMILES string of the molecule is c1ccc(-c2nc(-c3ccccc3)nc(-c3ccc4c(c3)oc3c(-c5ccccc5-c5ccc6c(c5)sc5ccccc56)cccc34)n2)cc1. The molecule has 0 unspecified atom stereocenters. The highest BCUT2D eigenvalue weighted by Gasteiger charge is 2.18. The van der Waals surface area contributed by atoms with Crippen LogP contribution in [0.2, 0.25) is 0 Å². The summed E-state index contributed by atoms with van der Waals surface area (Å²) in [6.07, 6.45) is 0. The Morgan fingerprint density at radius 3 is 1.68 bits per heavy atom. The molecule has 0 saturated carbocycles. The minimum Gasteiger partial charge on any atom is -0.455 e. The fourth-order valence-corrected chi connectivity index (χ4v) is 8.10. The average Bonchev–Trinajstić information content (AvgIpc) is 3.76. The van der Waals surface area contributed by atoms with Crippen molar-refractivity contribution in [2.24, 2.45) is 0 Å². The lowest BCUT2D eigenvalue weighted by atomic mass is 9.93. The third-order valence-corrected chi connectivity index (χ3v) is 10.5. The van der Waals surface area contributed by atoms with E-state index in [1.54, 1.807) is 0 Å². The Kier molecular flexibility index (Phi) is 6.64. The van der Waals surface area contributed by atoms with Crippen LogP contribution in [0.15, 0.2) is 168 Å². The third kappa shape index (κ3) is 4.79. The van der Waals surface area contributed by atoms with Crippen molar-refractivity contribution in [2.75, 3.05) is 0 Å². The van der Waals surface area contributed by atoms with E-state index in [1.807, 2.05) is 72.0 Å². The van der Waals surface area contributed by atoms with E-state index in [0.717, 1.165) is 49.8 Å². The normalized spacial score (nSPS) is 11.6. The van der Waals surface area contributed by atoms with Crippen LogP contribution in [-0.4, -0.2) is 15.0 Å². The fourth-order valence-electron chi connectivity index (χ4n) is 6.95. The van der Waals surface area contributed by atoms with Crippen LogP contribution < -0.4 is 0 Å². The van der Waals surface area contributed by atoms with Crippen LogP contribution in [0.25, 0.3) is 98.5 Å². The zero-order valence-electron chi connectivity index (χ0n) is 26.7. The molecule has 4 nitrogen and oxygen atoms in total. The minimum absolute atomic E-state index is 0.599. The number of fused-ring (bicyclic) bond motifs is 6. The van der Waals surface area contributed by atoms with Gasteiger partial charge in [0.2, 0.25) is 0 Å². The van der Waals surface area contributed by atoms with Gasteiger partial charge in [0.25, 0.3) is 0 Å². The molecular formula is C45H27N3OS. The first-order valence-corrected chi connectivity index (χ1v) is 17.4. The summed E-state index contributed by atoms with van der Waals surface area (Å²) in [6.45, 7) is 0. The lowest BCUT2D eigenvalue weighted by molar-refractivity contribution is 0.670. The average molecular weight is 658 g/mol. The van der Waals surface area contributed by atoms with Gasteiger partial charge in [-0.25, -0.2) is 15.0 Å². The second kappa shape index (κ2) is 11.6. The number of rotatable bonds is 5. The maximum Gasteiger partial charge on any atom is 0.164 e. The second-order valence-corrected chi connectivity index (χ2v) is 13.5. The minimum atomic E-state index is 0.599. The molecule has 3 heterocycles. The zero-order valence-corrected chi connectivity index (χ0v) is 27.6. The van der Waals surface area contributed by atoms with E-state index < -0.39 is 0 Å². The van der Waals surface area contributed by atoms with Gasteiger partial charge in [-0.15, -0.1) is 11.3 Å². The quantitative estimate of drug-likeness (QED) is 0.185. The first kappa shape index (κ1) is 28.6. The van der Waals surface area contributed by atoms with Gasteiger partial charge in [0, 0.05) is 53.2 Å². The Morgan fingerprint density at radius 2 is 0.920 bits per heavy atom. The molecular weight excluding hydrogens is 631 g/mol. The molecule has 10 rings (SSSR count). The number of hydrogen-bond donors (Lipinski definition) is 0. The number of hydrogen-bond acceptors (Lipinski definition) is 5. The zero-order chi connectivity index (χ0) is 33.0.